The van der Waals surface area contributed by atoms with Crippen molar-refractivity contribution in [1.29, 1.82) is 0 Å². The summed E-state index contributed by atoms with van der Waals surface area (Å²) in [7, 11) is 0. The van der Waals surface area contributed by atoms with Gasteiger partial charge < -0.3 is 9.84 Å². The van der Waals surface area contributed by atoms with E-state index in [9.17, 15) is 5.11 Å². The van der Waals surface area contributed by atoms with E-state index < -0.39 is 5.60 Å². The normalized spacial score (nSPS) is 26.8. The summed E-state index contributed by atoms with van der Waals surface area (Å²) < 4.78 is 5.50. The highest BCUT2D eigenvalue weighted by molar-refractivity contribution is 5.28. The van der Waals surface area contributed by atoms with E-state index in [1.54, 1.807) is 12.4 Å². The van der Waals surface area contributed by atoms with Crippen LogP contribution in [-0.4, -0.2) is 16.7 Å². The second-order valence-corrected chi connectivity index (χ2v) is 6.47. The predicted octanol–water partition coefficient (Wildman–Crippen LogP) is 3.90. The summed E-state index contributed by atoms with van der Waals surface area (Å²) in [5.74, 6) is 2.06. The highest BCUT2D eigenvalue weighted by Gasteiger charge is 2.36. The Morgan fingerprint density at radius 1 is 1.45 bits per heavy atom. The molecule has 1 aliphatic rings. The highest BCUT2D eigenvalue weighted by atomic mass is 16.5. The Morgan fingerprint density at radius 2 is 2.25 bits per heavy atom. The van der Waals surface area contributed by atoms with Gasteiger partial charge in [0.2, 0.25) is 0 Å². The topological polar surface area (TPSA) is 42.4 Å². The molecule has 0 amide bonds. The number of ether oxygens (including phenoxy) is 1. The predicted molar refractivity (Wildman–Crippen MR) is 80.7 cm³/mol. The Morgan fingerprint density at radius 3 is 2.95 bits per heavy atom. The Kier molecular flexibility index (Phi) is 5.03. The van der Waals surface area contributed by atoms with Crippen molar-refractivity contribution < 1.29 is 9.84 Å². The minimum absolute atomic E-state index is 0.615. The van der Waals surface area contributed by atoms with Crippen LogP contribution in [-0.2, 0) is 5.60 Å². The average Bonchev–Trinajstić information content (AvgIpc) is 2.39. The van der Waals surface area contributed by atoms with Gasteiger partial charge in [0.05, 0.1) is 18.4 Å². The zero-order valence-corrected chi connectivity index (χ0v) is 12.9. The first-order valence-electron chi connectivity index (χ1n) is 7.84. The lowest BCUT2D eigenvalue weighted by Crippen LogP contribution is -2.33. The van der Waals surface area contributed by atoms with Crippen molar-refractivity contribution >= 4 is 0 Å². The van der Waals surface area contributed by atoms with Gasteiger partial charge in [-0.3, -0.25) is 4.98 Å². The molecule has 112 valence electrons. The first-order valence-corrected chi connectivity index (χ1v) is 7.84. The summed E-state index contributed by atoms with van der Waals surface area (Å²) in [6.07, 6.45) is 8.71. The summed E-state index contributed by atoms with van der Waals surface area (Å²) >= 11 is 0. The first kappa shape index (κ1) is 15.3. The van der Waals surface area contributed by atoms with Gasteiger partial charge in [0.15, 0.2) is 0 Å². The molecular formula is C17H27NO2. The van der Waals surface area contributed by atoms with Gasteiger partial charge in [-0.25, -0.2) is 0 Å². The molecule has 1 saturated carbocycles. The molecule has 1 aromatic rings. The summed E-state index contributed by atoms with van der Waals surface area (Å²) in [4.78, 5) is 4.22. The molecule has 0 aromatic carbocycles. The second kappa shape index (κ2) is 6.57. The van der Waals surface area contributed by atoms with E-state index in [1.165, 1.54) is 12.8 Å². The maximum absolute atomic E-state index is 11.0. The fourth-order valence-electron chi connectivity index (χ4n) is 3.41. The summed E-state index contributed by atoms with van der Waals surface area (Å²) in [6, 6.07) is 1.95. The van der Waals surface area contributed by atoms with E-state index in [-0.39, 0.29) is 0 Å². The van der Waals surface area contributed by atoms with Crippen LogP contribution >= 0.6 is 0 Å². The van der Waals surface area contributed by atoms with E-state index in [0.29, 0.717) is 18.4 Å². The fourth-order valence-corrected chi connectivity index (χ4v) is 3.41. The number of nitrogens with zero attached hydrogens (tertiary/aromatic N) is 1. The zero-order chi connectivity index (χ0) is 14.6. The van der Waals surface area contributed by atoms with Gasteiger partial charge >= 0.3 is 0 Å². The molecule has 0 spiro atoms. The van der Waals surface area contributed by atoms with E-state index >= 15 is 0 Å². The SMILES string of the molecule is CCOc1cncc(C2(O)CCCC(CC(C)C)C2)c1. The van der Waals surface area contributed by atoms with Crippen molar-refractivity contribution in [2.24, 2.45) is 11.8 Å². The quantitative estimate of drug-likeness (QED) is 0.887. The molecule has 2 unspecified atom stereocenters. The van der Waals surface area contributed by atoms with E-state index in [2.05, 4.69) is 18.8 Å². The first-order chi connectivity index (χ1) is 9.53. The Hall–Kier alpha value is -1.09. The van der Waals surface area contributed by atoms with Crippen LogP contribution in [0.15, 0.2) is 18.5 Å². The highest BCUT2D eigenvalue weighted by Crippen LogP contribution is 2.42. The van der Waals surface area contributed by atoms with Gasteiger partial charge in [0.25, 0.3) is 0 Å². The maximum atomic E-state index is 11.0. The third-order valence-corrected chi connectivity index (χ3v) is 4.20. The molecule has 1 aromatic heterocycles. The Balaban J connectivity index is 2.14. The lowest BCUT2D eigenvalue weighted by molar-refractivity contribution is -0.0249. The van der Waals surface area contributed by atoms with Crippen LogP contribution in [0, 0.1) is 11.8 Å². The number of rotatable bonds is 5. The van der Waals surface area contributed by atoms with Crippen molar-refractivity contribution in [3.8, 4) is 5.75 Å². The lowest BCUT2D eigenvalue weighted by Gasteiger charge is -2.37. The molecule has 1 heterocycles. The van der Waals surface area contributed by atoms with Crippen molar-refractivity contribution in [3.63, 3.8) is 0 Å². The second-order valence-electron chi connectivity index (χ2n) is 6.47. The monoisotopic (exact) mass is 277 g/mol. The molecule has 0 radical (unpaired) electrons. The molecule has 2 rings (SSSR count). The molecule has 1 aliphatic carbocycles. The standard InChI is InChI=1S/C17H27NO2/c1-4-20-16-9-15(11-18-12-16)17(19)7-5-6-14(10-17)8-13(2)3/h9,11-14,19H,4-8,10H2,1-3H3. The average molecular weight is 277 g/mol. The molecule has 0 saturated heterocycles. The van der Waals surface area contributed by atoms with Crippen LogP contribution in [0.1, 0.15) is 58.4 Å². The molecular weight excluding hydrogens is 250 g/mol. The van der Waals surface area contributed by atoms with E-state index in [0.717, 1.165) is 30.6 Å². The Bertz CT molecular complexity index is 433. The lowest BCUT2D eigenvalue weighted by atomic mass is 9.72. The van der Waals surface area contributed by atoms with Crippen LogP contribution in [0.5, 0.6) is 5.75 Å². The number of aromatic nitrogens is 1. The molecule has 20 heavy (non-hydrogen) atoms. The number of hydrogen-bond donors (Lipinski definition) is 1. The van der Waals surface area contributed by atoms with Crippen LogP contribution in [0.4, 0.5) is 0 Å². The van der Waals surface area contributed by atoms with E-state index in [4.69, 9.17) is 4.74 Å². The van der Waals surface area contributed by atoms with Gasteiger partial charge in [0.1, 0.15) is 5.75 Å². The number of hydrogen-bond acceptors (Lipinski definition) is 3. The number of aliphatic hydroxyl groups is 1. The smallest absolute Gasteiger partial charge is 0.137 e. The van der Waals surface area contributed by atoms with Crippen molar-refractivity contribution in [1.82, 2.24) is 4.98 Å². The van der Waals surface area contributed by atoms with Gasteiger partial charge in [0, 0.05) is 11.8 Å². The fraction of sp³-hybridized carbons (Fsp3) is 0.706. The van der Waals surface area contributed by atoms with Gasteiger partial charge in [-0.2, -0.15) is 0 Å². The van der Waals surface area contributed by atoms with Crippen molar-refractivity contribution in [2.75, 3.05) is 6.61 Å². The van der Waals surface area contributed by atoms with Gasteiger partial charge in [-0.05, 0) is 50.5 Å². The zero-order valence-electron chi connectivity index (χ0n) is 12.9. The maximum Gasteiger partial charge on any atom is 0.137 e. The summed E-state index contributed by atoms with van der Waals surface area (Å²) in [5, 5.41) is 11.0. The molecule has 1 N–H and O–H groups in total. The molecule has 1 fully saturated rings. The van der Waals surface area contributed by atoms with Crippen molar-refractivity contribution in [3.05, 3.63) is 24.0 Å². The molecule has 2 atom stereocenters. The van der Waals surface area contributed by atoms with E-state index in [1.807, 2.05) is 13.0 Å². The summed E-state index contributed by atoms with van der Waals surface area (Å²) in [6.45, 7) is 7.09. The minimum Gasteiger partial charge on any atom is -0.492 e. The largest absolute Gasteiger partial charge is 0.492 e. The molecule has 0 bridgehead atoms. The van der Waals surface area contributed by atoms with Crippen LogP contribution in [0.25, 0.3) is 0 Å². The van der Waals surface area contributed by atoms with Gasteiger partial charge in [-0.1, -0.05) is 20.3 Å². The summed E-state index contributed by atoms with van der Waals surface area (Å²) in [5.41, 5.74) is 0.190. The third-order valence-electron chi connectivity index (χ3n) is 4.20. The van der Waals surface area contributed by atoms with Crippen molar-refractivity contribution in [2.45, 2.75) is 58.5 Å². The van der Waals surface area contributed by atoms with Crippen LogP contribution in [0.2, 0.25) is 0 Å². The molecule has 3 heteroatoms. The molecule has 0 aliphatic heterocycles. The van der Waals surface area contributed by atoms with Crippen LogP contribution in [0.3, 0.4) is 0 Å². The molecule has 3 nitrogen and oxygen atoms in total. The van der Waals surface area contributed by atoms with Gasteiger partial charge in [-0.15, -0.1) is 0 Å². The number of pyridine rings is 1. The van der Waals surface area contributed by atoms with Crippen LogP contribution < -0.4 is 4.74 Å². The Labute approximate surface area is 122 Å². The minimum atomic E-state index is -0.724. The third kappa shape index (κ3) is 3.72.